The van der Waals surface area contributed by atoms with E-state index >= 15 is 0 Å². The van der Waals surface area contributed by atoms with Gasteiger partial charge in [-0.3, -0.25) is 64.9 Å². The number of amides is 5. The van der Waals surface area contributed by atoms with Gasteiger partial charge in [-0.05, 0) is 193 Å². The third-order valence-electron chi connectivity index (χ3n) is 20.1. The molecule has 0 aliphatic carbocycles. The maximum absolute atomic E-state index is 11.3. The number of aromatic nitrogens is 12. The van der Waals surface area contributed by atoms with Crippen LogP contribution in [0, 0.1) is 6.92 Å². The van der Waals surface area contributed by atoms with E-state index in [1.54, 1.807) is 76.5 Å². The minimum atomic E-state index is -0.565. The Labute approximate surface area is 698 Å². The van der Waals surface area contributed by atoms with E-state index in [1.165, 1.54) is 47.1 Å². The van der Waals surface area contributed by atoms with Gasteiger partial charge in [0, 0.05) is 126 Å². The Morgan fingerprint density at radius 3 is 1.36 bits per heavy atom. The summed E-state index contributed by atoms with van der Waals surface area (Å²) in [5.74, 6) is 0.625. The van der Waals surface area contributed by atoms with Crippen molar-refractivity contribution in [2.75, 3.05) is 32.8 Å². The van der Waals surface area contributed by atoms with Crippen LogP contribution in [0.5, 0.6) is 0 Å². The van der Waals surface area contributed by atoms with Crippen LogP contribution in [0.1, 0.15) is 94.4 Å². The maximum Gasteiger partial charge on any atom is 0.267 e. The second kappa shape index (κ2) is 45.1. The van der Waals surface area contributed by atoms with Gasteiger partial charge in [0.2, 0.25) is 0 Å². The van der Waals surface area contributed by atoms with Crippen molar-refractivity contribution in [3.8, 4) is 0 Å². The van der Waals surface area contributed by atoms with Crippen molar-refractivity contribution in [2.45, 2.75) is 98.4 Å². The molecule has 0 saturated carbocycles. The molecule has 10 N–H and O–H groups in total. The number of fused-ring (bicyclic) bond motifs is 5. The number of aryl methyl sites for hydroxylation is 9. The van der Waals surface area contributed by atoms with Crippen molar-refractivity contribution in [1.82, 2.24) is 90.0 Å². The van der Waals surface area contributed by atoms with E-state index in [1.807, 2.05) is 145 Å². The van der Waals surface area contributed by atoms with Gasteiger partial charge in [0.15, 0.2) is 0 Å². The lowest BCUT2D eigenvalue weighted by Crippen LogP contribution is -2.38. The number of rotatable bonds is 27. The highest BCUT2D eigenvalue weighted by molar-refractivity contribution is 5.95. The molecule has 1 fully saturated rings. The Morgan fingerprint density at radius 2 is 0.876 bits per heavy atom. The molecule has 0 spiro atoms. The summed E-state index contributed by atoms with van der Waals surface area (Å²) >= 11 is 0. The Morgan fingerprint density at radius 1 is 0.421 bits per heavy atom. The Balaban J connectivity index is 0.000000151. The lowest BCUT2D eigenvalue weighted by Gasteiger charge is -2.27. The number of ether oxygens (including phenoxy) is 1. The molecule has 0 bridgehead atoms. The van der Waals surface area contributed by atoms with E-state index in [-0.39, 0.29) is 0 Å². The SMILES string of the molecule is CC(Cc1nc2cc(/C=C/C(=O)NO)ccc2n1CCc1cccnc1)c1ccccc1.CCn1c(C)nc2cc(/C=C/C(=O)NO)ccc21.CCn1cnc2cc(/C=C/C(=O)NO)ccc21.O=C(/C=C/c1ccc2c(c1)nc(CCc1ccccc1)n2CCN1CCOCC1)NO.O=C(/C=C/c1ccc2c(c1)ncn2CCc1ccccn1)NO. The molecule has 1 atom stereocenters. The second-order valence-corrected chi connectivity index (χ2v) is 28.2. The third-order valence-corrected chi connectivity index (χ3v) is 20.1. The maximum atomic E-state index is 11.3. The van der Waals surface area contributed by atoms with Crippen molar-refractivity contribution in [2.24, 2.45) is 0 Å². The van der Waals surface area contributed by atoms with Gasteiger partial charge in [0.1, 0.15) is 17.5 Å². The Hall–Kier alpha value is -14.0. The molecule has 1 unspecified atom stereocenters. The fourth-order valence-corrected chi connectivity index (χ4v) is 13.8. The molecule has 1 aliphatic heterocycles. The molecule has 7 aromatic carbocycles. The van der Waals surface area contributed by atoms with Crippen LogP contribution in [-0.2, 0) is 93.5 Å². The molecule has 5 amide bonds. The van der Waals surface area contributed by atoms with Gasteiger partial charge in [0.25, 0.3) is 29.5 Å². The van der Waals surface area contributed by atoms with Crippen molar-refractivity contribution in [3.05, 3.63) is 311 Å². The zero-order valence-electron chi connectivity index (χ0n) is 67.7. The van der Waals surface area contributed by atoms with E-state index in [4.69, 9.17) is 40.7 Å². The average Bonchev–Trinajstić information content (AvgIpc) is 1.62. The highest BCUT2D eigenvalue weighted by atomic mass is 16.5. The van der Waals surface area contributed by atoms with Crippen LogP contribution in [0.25, 0.3) is 85.5 Å². The van der Waals surface area contributed by atoms with Gasteiger partial charge in [-0.1, -0.05) is 110 Å². The Kier molecular flexibility index (Phi) is 32.7. The average molecular weight is 1630 g/mol. The van der Waals surface area contributed by atoms with Gasteiger partial charge in [-0.15, -0.1) is 0 Å². The van der Waals surface area contributed by atoms with E-state index < -0.39 is 29.5 Å². The van der Waals surface area contributed by atoms with Gasteiger partial charge in [0.05, 0.1) is 81.0 Å². The van der Waals surface area contributed by atoms with Crippen molar-refractivity contribution in [3.63, 3.8) is 0 Å². The number of carbonyl (C=O) groups is 5. The number of hydroxylamine groups is 5. The summed E-state index contributed by atoms with van der Waals surface area (Å²) in [4.78, 5) is 89.3. The summed E-state index contributed by atoms with van der Waals surface area (Å²) < 4.78 is 16.3. The van der Waals surface area contributed by atoms with Gasteiger partial charge >= 0.3 is 0 Å². The molecule has 29 nitrogen and oxygen atoms in total. The number of hydrogen-bond acceptors (Lipinski definition) is 19. The second-order valence-electron chi connectivity index (χ2n) is 28.2. The topological polar surface area (TPSA) is 374 Å². The van der Waals surface area contributed by atoms with E-state index in [9.17, 15) is 24.0 Å². The van der Waals surface area contributed by atoms with Gasteiger partial charge in [-0.25, -0.2) is 52.3 Å². The number of pyridine rings is 2. The molecule has 0 radical (unpaired) electrons. The quantitative estimate of drug-likeness (QED) is 0.0130. The van der Waals surface area contributed by atoms with Gasteiger partial charge in [-0.2, -0.15) is 0 Å². The molecule has 7 aromatic heterocycles. The molecule has 121 heavy (non-hydrogen) atoms. The number of benzene rings is 7. The van der Waals surface area contributed by atoms with Crippen molar-refractivity contribution >= 4 is 115 Å². The molecule has 1 saturated heterocycles. The van der Waals surface area contributed by atoms with Crippen LogP contribution in [0.4, 0.5) is 0 Å². The number of imidazole rings is 5. The van der Waals surface area contributed by atoms with Crippen molar-refractivity contribution < 1.29 is 54.7 Å². The standard InChI is InChI=1S/C26H26N4O2.C24H28N4O3.C17H16N4O2.C13H15N3O2.C12H13N3O2/c1-19(22-7-3-2-4-8-22)16-25-28-23-17-20(10-12-26(31)29-32)9-11-24(23)30(25)15-13-21-6-5-14-27-18-21;29-24(26-30)11-8-20-6-9-22-21(18-20)25-23(10-7-19-4-2-1-3-5-19)28(22)13-12-27-14-16-31-17-15-27;22-17(20-23)7-5-13-4-6-16-15(11-13)19-12-21(16)10-8-14-3-1-2-9-18-14;1-3-16-9(2)14-11-8-10(4-6-12(11)16)5-7-13(17)15-18;1-2-15-8-13-10-7-9(3-5-11(10)15)4-6-12(16)14-17/h2-12,14,17-19,32H,13,15-16H2,1H3,(H,29,31);1-6,8-9,11,18,30H,7,10,12-17H2,(H,26,29);1-7,9,11-12,23H,8,10H2,(H,20,22);4-8,18H,3H2,1-2H3,(H,15,17);3-8,17H,2H2,1H3,(H,14,16)/b12-10+;11-8+;2*7-5+;6-4+. The monoisotopic (exact) mass is 1630 g/mol. The fourth-order valence-electron chi connectivity index (χ4n) is 13.8. The largest absolute Gasteiger partial charge is 0.379 e. The van der Waals surface area contributed by atoms with Crippen molar-refractivity contribution in [1.29, 1.82) is 0 Å². The first-order valence-corrected chi connectivity index (χ1v) is 39.7. The molecule has 8 heterocycles. The predicted octanol–water partition coefficient (Wildman–Crippen LogP) is 12.9. The van der Waals surface area contributed by atoms with Crippen LogP contribution in [0.15, 0.2) is 244 Å². The lowest BCUT2D eigenvalue weighted by molar-refractivity contribution is -0.124. The molecule has 15 rings (SSSR count). The smallest absolute Gasteiger partial charge is 0.267 e. The van der Waals surface area contributed by atoms with E-state index in [0.29, 0.717) is 5.92 Å². The zero-order valence-corrected chi connectivity index (χ0v) is 67.7. The van der Waals surface area contributed by atoms with Crippen LogP contribution in [-0.4, -0.2) is 151 Å². The molecule has 14 aromatic rings. The first kappa shape index (κ1) is 87.8. The van der Waals surface area contributed by atoms with Crippen LogP contribution in [0.2, 0.25) is 0 Å². The highest BCUT2D eigenvalue weighted by Crippen LogP contribution is 2.28. The number of morpholine rings is 1. The molecular weight excluding hydrogens is 1530 g/mol. The minimum absolute atomic E-state index is 0.331. The molecule has 622 valence electrons. The summed E-state index contributed by atoms with van der Waals surface area (Å²) in [6.07, 6.45) is 28.0. The summed E-state index contributed by atoms with van der Waals surface area (Å²) in [5.41, 5.74) is 26.8. The van der Waals surface area contributed by atoms with E-state index in [0.717, 1.165) is 204 Å². The summed E-state index contributed by atoms with van der Waals surface area (Å²) in [7, 11) is 0. The molecule has 29 heteroatoms. The summed E-state index contributed by atoms with van der Waals surface area (Å²) in [6, 6.07) is 60.2. The Bertz CT molecular complexity index is 5930. The fraction of sp³-hybridized carbons (Fsp3) is 0.217. The number of hydrogen-bond donors (Lipinski definition) is 10. The minimum Gasteiger partial charge on any atom is -0.379 e. The summed E-state index contributed by atoms with van der Waals surface area (Å²) in [6.45, 7) is 17.1. The summed E-state index contributed by atoms with van der Waals surface area (Å²) in [5, 5.41) is 42.6. The van der Waals surface area contributed by atoms with Gasteiger partial charge < -0.3 is 27.6 Å². The first-order chi connectivity index (χ1) is 59.0. The van der Waals surface area contributed by atoms with Crippen LogP contribution < -0.4 is 27.4 Å². The number of nitrogens with zero attached hydrogens (tertiary/aromatic N) is 13. The third kappa shape index (κ3) is 25.5. The lowest BCUT2D eigenvalue weighted by atomic mass is 9.97. The van der Waals surface area contributed by atoms with Crippen LogP contribution in [0.3, 0.4) is 0 Å². The van der Waals surface area contributed by atoms with E-state index in [2.05, 4.69) is 130 Å². The number of carbonyl (C=O) groups excluding carboxylic acids is 5. The first-order valence-electron chi connectivity index (χ1n) is 39.7. The molecular formula is C92H98N18O11. The zero-order chi connectivity index (χ0) is 85.2. The highest BCUT2D eigenvalue weighted by Gasteiger charge is 2.19. The van der Waals surface area contributed by atoms with Crippen LogP contribution >= 0.6 is 0 Å². The number of nitrogens with one attached hydrogen (secondary N) is 5. The predicted molar refractivity (Wildman–Crippen MR) is 465 cm³/mol. The molecule has 1 aliphatic rings. The normalized spacial score (nSPS) is 12.5.